The van der Waals surface area contributed by atoms with Crippen LogP contribution in [0.25, 0.3) is 0 Å². The molecule has 2 heterocycles. The molecule has 7 heteroatoms. The summed E-state index contributed by atoms with van der Waals surface area (Å²) in [5.41, 5.74) is 0.485. The van der Waals surface area contributed by atoms with Gasteiger partial charge >= 0.3 is 0 Å². The lowest BCUT2D eigenvalue weighted by Gasteiger charge is -2.42. The Bertz CT molecular complexity index is 1130. The summed E-state index contributed by atoms with van der Waals surface area (Å²) in [5, 5.41) is 19.8. The number of hydrogen-bond acceptors (Lipinski definition) is 6. The predicted molar refractivity (Wildman–Crippen MR) is 135 cm³/mol. The molecular weight excluding hydrogens is 496 g/mol. The quantitative estimate of drug-likeness (QED) is 0.516. The Morgan fingerprint density at radius 3 is 2.38 bits per heavy atom. The van der Waals surface area contributed by atoms with Gasteiger partial charge in [-0.25, -0.2) is 0 Å². The van der Waals surface area contributed by atoms with E-state index < -0.39 is 11.2 Å². The number of rotatable bonds is 5. The third kappa shape index (κ3) is 3.62. The molecule has 2 aromatic carbocycles. The van der Waals surface area contributed by atoms with Gasteiger partial charge in [-0.1, -0.05) is 58.4 Å². The van der Waals surface area contributed by atoms with E-state index in [1.54, 1.807) is 19.5 Å². The van der Waals surface area contributed by atoms with Crippen molar-refractivity contribution in [3.05, 3.63) is 88.2 Å². The van der Waals surface area contributed by atoms with Gasteiger partial charge in [0.25, 0.3) is 0 Å². The molecular formula is C27H31BrN2O4. The van der Waals surface area contributed by atoms with Crippen molar-refractivity contribution in [2.45, 2.75) is 23.5 Å². The number of ether oxygens (including phenoxy) is 2. The van der Waals surface area contributed by atoms with E-state index in [4.69, 9.17) is 14.6 Å². The van der Waals surface area contributed by atoms with E-state index in [9.17, 15) is 5.11 Å². The molecule has 2 aliphatic rings. The SMILES string of the molecule is CO.COc1cncc2c1C1(O)C(CN(C)C)CC(c3ccccc3)C1(c1ccc(Br)cc1)O2. The summed E-state index contributed by atoms with van der Waals surface area (Å²) in [7, 11) is 6.70. The van der Waals surface area contributed by atoms with Gasteiger partial charge in [0.1, 0.15) is 17.1 Å². The molecule has 0 saturated heterocycles. The average molecular weight is 527 g/mol. The lowest BCUT2D eigenvalue weighted by Crippen LogP contribution is -2.51. The fraction of sp³-hybridized carbons (Fsp3) is 0.370. The Hall–Kier alpha value is -2.45. The minimum atomic E-state index is -1.30. The molecule has 4 atom stereocenters. The zero-order chi connectivity index (χ0) is 24.5. The molecule has 1 aliphatic heterocycles. The largest absolute Gasteiger partial charge is 0.495 e. The van der Waals surface area contributed by atoms with Crippen molar-refractivity contribution in [3.63, 3.8) is 0 Å². The number of aromatic nitrogens is 1. The number of methoxy groups -OCH3 is 1. The Labute approximate surface area is 209 Å². The van der Waals surface area contributed by atoms with Gasteiger partial charge in [-0.15, -0.1) is 0 Å². The maximum atomic E-state index is 12.8. The first-order valence-electron chi connectivity index (χ1n) is 11.3. The van der Waals surface area contributed by atoms with E-state index in [0.717, 1.165) is 29.1 Å². The number of nitrogens with zero attached hydrogens (tertiary/aromatic N) is 2. The van der Waals surface area contributed by atoms with Crippen molar-refractivity contribution in [2.24, 2.45) is 5.92 Å². The fourth-order valence-corrected chi connectivity index (χ4v) is 6.08. The van der Waals surface area contributed by atoms with Gasteiger partial charge in [0.05, 0.1) is 25.1 Å². The van der Waals surface area contributed by atoms with Gasteiger partial charge in [0.2, 0.25) is 0 Å². The average Bonchev–Trinajstić information content (AvgIpc) is 3.26. The minimum Gasteiger partial charge on any atom is -0.495 e. The first-order valence-corrected chi connectivity index (χ1v) is 12.1. The summed E-state index contributed by atoms with van der Waals surface area (Å²) in [6.45, 7) is 0.715. The van der Waals surface area contributed by atoms with E-state index >= 15 is 0 Å². The van der Waals surface area contributed by atoms with E-state index in [1.165, 1.54) is 0 Å². The van der Waals surface area contributed by atoms with Crippen LogP contribution >= 0.6 is 15.9 Å². The maximum Gasteiger partial charge on any atom is 0.174 e. The van der Waals surface area contributed by atoms with Gasteiger partial charge in [-0.3, -0.25) is 4.98 Å². The van der Waals surface area contributed by atoms with Gasteiger partial charge in [0.15, 0.2) is 5.60 Å². The summed E-state index contributed by atoms with van der Waals surface area (Å²) >= 11 is 3.55. The third-order valence-corrected chi connectivity index (χ3v) is 7.51. The van der Waals surface area contributed by atoms with E-state index in [1.807, 2.05) is 44.4 Å². The third-order valence-electron chi connectivity index (χ3n) is 6.98. The van der Waals surface area contributed by atoms with Gasteiger partial charge in [-0.2, -0.15) is 0 Å². The van der Waals surface area contributed by atoms with E-state index in [2.05, 4.69) is 50.1 Å². The highest BCUT2D eigenvalue weighted by atomic mass is 79.9. The van der Waals surface area contributed by atoms with Crippen LogP contribution in [0.1, 0.15) is 29.0 Å². The zero-order valence-corrected chi connectivity index (χ0v) is 21.5. The van der Waals surface area contributed by atoms with Crippen molar-refractivity contribution in [3.8, 4) is 11.5 Å². The van der Waals surface area contributed by atoms with Gasteiger partial charge < -0.3 is 24.6 Å². The standard InChI is InChI=1S/C26H27BrN2O3.CH4O/c1-29(2)16-19-13-21(17-7-5-4-6-8-17)26(18-9-11-20(27)12-10-18)25(19,30)24-22(31-3)14-28-15-23(24)32-26;1-2/h4-12,14-15,19,21,30H,13,16H2,1-3H3;2H,1H3. The topological polar surface area (TPSA) is 75.0 Å². The molecule has 1 fully saturated rings. The number of benzene rings is 2. The second-order valence-corrected chi connectivity index (χ2v) is 9.90. The molecule has 0 bridgehead atoms. The molecule has 1 aliphatic carbocycles. The smallest absolute Gasteiger partial charge is 0.174 e. The van der Waals surface area contributed by atoms with Crippen LogP contribution in [-0.4, -0.2) is 55.0 Å². The normalized spacial score (nSPS) is 26.8. The highest BCUT2D eigenvalue weighted by Gasteiger charge is 2.73. The molecule has 0 spiro atoms. The number of pyridine rings is 1. The minimum absolute atomic E-state index is 0.0584. The van der Waals surface area contributed by atoms with Gasteiger partial charge in [0, 0.05) is 30.0 Å². The number of halogens is 1. The second kappa shape index (κ2) is 9.66. The molecule has 2 N–H and O–H groups in total. The number of fused-ring (bicyclic) bond motifs is 3. The van der Waals surface area contributed by atoms with Crippen LogP contribution in [0.15, 0.2) is 71.5 Å². The molecule has 0 radical (unpaired) electrons. The summed E-state index contributed by atoms with van der Waals surface area (Å²) in [6.07, 6.45) is 4.14. The summed E-state index contributed by atoms with van der Waals surface area (Å²) in [4.78, 5) is 6.46. The molecule has 6 nitrogen and oxygen atoms in total. The van der Waals surface area contributed by atoms with Crippen molar-refractivity contribution >= 4 is 15.9 Å². The van der Waals surface area contributed by atoms with E-state index in [0.29, 0.717) is 23.6 Å². The Kier molecular flexibility index (Phi) is 7.01. The van der Waals surface area contributed by atoms with Crippen LogP contribution in [0.5, 0.6) is 11.5 Å². The van der Waals surface area contributed by atoms with Crippen LogP contribution in [0.2, 0.25) is 0 Å². The first-order chi connectivity index (χ1) is 16.4. The second-order valence-electron chi connectivity index (χ2n) is 8.98. The van der Waals surface area contributed by atoms with Crippen LogP contribution in [0.4, 0.5) is 0 Å². The number of hydrogen-bond donors (Lipinski definition) is 2. The molecule has 34 heavy (non-hydrogen) atoms. The highest BCUT2D eigenvalue weighted by Crippen LogP contribution is 2.70. The number of aliphatic hydroxyl groups excluding tert-OH is 1. The van der Waals surface area contributed by atoms with E-state index in [-0.39, 0.29) is 11.8 Å². The van der Waals surface area contributed by atoms with Crippen molar-refractivity contribution < 1.29 is 19.7 Å². The van der Waals surface area contributed by atoms with Gasteiger partial charge in [-0.05, 0) is 43.8 Å². The predicted octanol–water partition coefficient (Wildman–Crippen LogP) is 4.30. The molecule has 1 aromatic heterocycles. The first kappa shape index (κ1) is 24.7. The van der Waals surface area contributed by atoms with Crippen LogP contribution < -0.4 is 9.47 Å². The van der Waals surface area contributed by atoms with Crippen molar-refractivity contribution in [1.82, 2.24) is 9.88 Å². The molecule has 3 aromatic rings. The molecule has 4 unspecified atom stereocenters. The lowest BCUT2D eigenvalue weighted by molar-refractivity contribution is -0.130. The summed E-state index contributed by atoms with van der Waals surface area (Å²) < 4.78 is 13.5. The molecule has 180 valence electrons. The Morgan fingerprint density at radius 1 is 1.09 bits per heavy atom. The number of aliphatic hydroxyl groups is 2. The maximum absolute atomic E-state index is 12.8. The van der Waals surface area contributed by atoms with Crippen LogP contribution in [-0.2, 0) is 11.2 Å². The molecule has 1 saturated carbocycles. The highest BCUT2D eigenvalue weighted by molar-refractivity contribution is 9.10. The summed E-state index contributed by atoms with van der Waals surface area (Å²) in [5.74, 6) is 1.00. The Morgan fingerprint density at radius 2 is 1.76 bits per heavy atom. The monoisotopic (exact) mass is 526 g/mol. The molecule has 5 rings (SSSR count). The Balaban J connectivity index is 0.00000133. The fourth-order valence-electron chi connectivity index (χ4n) is 5.81. The lowest BCUT2D eigenvalue weighted by atomic mass is 9.70. The van der Waals surface area contributed by atoms with Crippen LogP contribution in [0, 0.1) is 5.92 Å². The molecule has 0 amide bonds. The van der Waals surface area contributed by atoms with Crippen LogP contribution in [0.3, 0.4) is 0 Å². The van der Waals surface area contributed by atoms with Crippen molar-refractivity contribution in [2.75, 3.05) is 34.9 Å². The summed E-state index contributed by atoms with van der Waals surface area (Å²) in [6, 6.07) is 18.5. The van der Waals surface area contributed by atoms with Crippen molar-refractivity contribution in [1.29, 1.82) is 0 Å². The zero-order valence-electron chi connectivity index (χ0n) is 19.9.